The molecule has 2 fully saturated rings. The molecule has 0 aromatic heterocycles. The Kier molecular flexibility index (Phi) is 4.48. The lowest BCUT2D eigenvalue weighted by molar-refractivity contribution is -0.135. The van der Waals surface area contributed by atoms with Crippen LogP contribution in [0.1, 0.15) is 18.4 Å². The van der Waals surface area contributed by atoms with E-state index in [1.165, 1.54) is 0 Å². The average Bonchev–Trinajstić information content (AvgIpc) is 3.18. The zero-order chi connectivity index (χ0) is 18.9. The normalized spacial score (nSPS) is 21.3. The summed E-state index contributed by atoms with van der Waals surface area (Å²) in [5, 5.41) is 0. The van der Waals surface area contributed by atoms with Gasteiger partial charge in [0.1, 0.15) is 17.9 Å². The van der Waals surface area contributed by atoms with Crippen LogP contribution < -0.4 is 9.64 Å². The van der Waals surface area contributed by atoms with Crippen molar-refractivity contribution < 1.29 is 19.1 Å². The van der Waals surface area contributed by atoms with Crippen molar-refractivity contribution in [1.29, 1.82) is 0 Å². The summed E-state index contributed by atoms with van der Waals surface area (Å²) in [4.78, 5) is 28.9. The van der Waals surface area contributed by atoms with Gasteiger partial charge in [0, 0.05) is 12.2 Å². The Hall–Kier alpha value is -3.02. The van der Waals surface area contributed by atoms with Gasteiger partial charge in [0.15, 0.2) is 0 Å². The maximum Gasteiger partial charge on any atom is 0.411 e. The highest BCUT2D eigenvalue weighted by molar-refractivity contribution is 6.09. The van der Waals surface area contributed by atoms with E-state index in [4.69, 9.17) is 9.47 Å². The minimum Gasteiger partial charge on any atom is -0.497 e. The fraction of sp³-hybridized carbons (Fsp3) is 0.333. The summed E-state index contributed by atoms with van der Waals surface area (Å²) in [6.07, 6.45) is 1.07. The summed E-state index contributed by atoms with van der Waals surface area (Å²) in [6, 6.07) is 16.9. The third-order valence-electron chi connectivity index (χ3n) is 5.36. The van der Waals surface area contributed by atoms with Crippen molar-refractivity contribution >= 4 is 17.7 Å². The van der Waals surface area contributed by atoms with Gasteiger partial charge in [-0.1, -0.05) is 30.3 Å². The molecule has 2 aromatic rings. The summed E-state index contributed by atoms with van der Waals surface area (Å²) in [5.41, 5.74) is 0.989. The quantitative estimate of drug-likeness (QED) is 0.780. The number of anilines is 1. The molecule has 0 N–H and O–H groups in total. The molecule has 2 aromatic carbocycles. The second-order valence-electron chi connectivity index (χ2n) is 6.92. The number of benzene rings is 2. The largest absolute Gasteiger partial charge is 0.497 e. The standard InChI is InChI=1S/C21H22N2O4/c1-26-18-10-8-17(9-11-18)22-15-21(19(22)24)12-5-13-23(21)20(25)27-14-16-6-3-2-4-7-16/h2-4,6-11H,5,12-15H2,1H3. The maximum absolute atomic E-state index is 13.0. The summed E-state index contributed by atoms with van der Waals surface area (Å²) < 4.78 is 10.6. The molecule has 1 unspecified atom stereocenters. The van der Waals surface area contributed by atoms with Crippen LogP contribution in [-0.2, 0) is 16.1 Å². The van der Waals surface area contributed by atoms with Crippen LogP contribution in [0.15, 0.2) is 54.6 Å². The molecule has 2 saturated heterocycles. The maximum atomic E-state index is 13.0. The average molecular weight is 366 g/mol. The number of rotatable bonds is 4. The van der Waals surface area contributed by atoms with Crippen molar-refractivity contribution in [3.05, 3.63) is 60.2 Å². The number of hydrogen-bond donors (Lipinski definition) is 0. The molecule has 0 saturated carbocycles. The first-order valence-electron chi connectivity index (χ1n) is 9.08. The SMILES string of the molecule is COc1ccc(N2CC3(CCCN3C(=O)OCc3ccccc3)C2=O)cc1. The lowest BCUT2D eigenvalue weighted by Crippen LogP contribution is -2.73. The van der Waals surface area contributed by atoms with Crippen LogP contribution >= 0.6 is 0 Å². The van der Waals surface area contributed by atoms with E-state index in [9.17, 15) is 9.59 Å². The van der Waals surface area contributed by atoms with E-state index in [1.807, 2.05) is 54.6 Å². The van der Waals surface area contributed by atoms with Gasteiger partial charge in [0.25, 0.3) is 5.91 Å². The van der Waals surface area contributed by atoms with Crippen molar-refractivity contribution in [3.8, 4) is 5.75 Å². The lowest BCUT2D eigenvalue weighted by Gasteiger charge is -2.50. The van der Waals surface area contributed by atoms with Gasteiger partial charge >= 0.3 is 6.09 Å². The Morgan fingerprint density at radius 1 is 1.11 bits per heavy atom. The Bertz CT molecular complexity index is 837. The Balaban J connectivity index is 1.43. The van der Waals surface area contributed by atoms with E-state index < -0.39 is 11.6 Å². The van der Waals surface area contributed by atoms with E-state index >= 15 is 0 Å². The van der Waals surface area contributed by atoms with Gasteiger partial charge in [-0.3, -0.25) is 9.69 Å². The van der Waals surface area contributed by atoms with Gasteiger partial charge in [0.05, 0.1) is 13.7 Å². The van der Waals surface area contributed by atoms with Crippen LogP contribution in [0.4, 0.5) is 10.5 Å². The smallest absolute Gasteiger partial charge is 0.411 e. The van der Waals surface area contributed by atoms with Crippen molar-refractivity contribution in [2.75, 3.05) is 25.1 Å². The van der Waals surface area contributed by atoms with Crippen molar-refractivity contribution in [1.82, 2.24) is 4.90 Å². The molecule has 2 aliphatic rings. The Morgan fingerprint density at radius 2 is 1.85 bits per heavy atom. The molecule has 1 spiro atoms. The number of amides is 2. The number of β-lactam (4-membered cyclic amide) rings is 1. The molecule has 0 radical (unpaired) electrons. The number of hydrogen-bond acceptors (Lipinski definition) is 4. The van der Waals surface area contributed by atoms with Crippen molar-refractivity contribution in [3.63, 3.8) is 0 Å². The predicted molar refractivity (Wildman–Crippen MR) is 101 cm³/mol. The predicted octanol–water partition coefficient (Wildman–Crippen LogP) is 3.21. The summed E-state index contributed by atoms with van der Waals surface area (Å²) in [6.45, 7) is 1.26. The van der Waals surface area contributed by atoms with E-state index in [2.05, 4.69) is 0 Å². The number of carbonyl (C=O) groups excluding carboxylic acids is 2. The summed E-state index contributed by atoms with van der Waals surface area (Å²) in [5.74, 6) is 0.704. The number of ether oxygens (including phenoxy) is 2. The Labute approximate surface area is 158 Å². The number of carbonyl (C=O) groups is 2. The van der Waals surface area contributed by atoms with E-state index in [-0.39, 0.29) is 12.5 Å². The molecule has 2 amide bonds. The Morgan fingerprint density at radius 3 is 2.52 bits per heavy atom. The fourth-order valence-electron chi connectivity index (χ4n) is 3.86. The van der Waals surface area contributed by atoms with Gasteiger partial charge in [-0.2, -0.15) is 0 Å². The second kappa shape index (κ2) is 6.95. The molecule has 27 heavy (non-hydrogen) atoms. The lowest BCUT2D eigenvalue weighted by atomic mass is 9.85. The van der Waals surface area contributed by atoms with Crippen molar-refractivity contribution in [2.24, 2.45) is 0 Å². The topological polar surface area (TPSA) is 59.1 Å². The number of likely N-dealkylation sites (tertiary alicyclic amines) is 1. The molecule has 2 heterocycles. The van der Waals surface area contributed by atoms with E-state index in [1.54, 1.807) is 16.9 Å². The van der Waals surface area contributed by atoms with Gasteiger partial charge in [0.2, 0.25) is 0 Å². The minimum absolute atomic E-state index is 0.0400. The van der Waals surface area contributed by atoms with Gasteiger partial charge < -0.3 is 14.4 Å². The van der Waals surface area contributed by atoms with Gasteiger partial charge in [-0.05, 0) is 42.7 Å². The van der Waals surface area contributed by atoms with Crippen molar-refractivity contribution in [2.45, 2.75) is 25.0 Å². The first-order valence-corrected chi connectivity index (χ1v) is 9.08. The van der Waals surface area contributed by atoms with Crippen LogP contribution in [0.2, 0.25) is 0 Å². The second-order valence-corrected chi connectivity index (χ2v) is 6.92. The van der Waals surface area contributed by atoms with Gasteiger partial charge in [-0.25, -0.2) is 4.79 Å². The zero-order valence-corrected chi connectivity index (χ0v) is 15.3. The molecule has 0 bridgehead atoms. The highest BCUT2D eigenvalue weighted by Crippen LogP contribution is 2.41. The van der Waals surface area contributed by atoms with E-state index in [0.29, 0.717) is 19.5 Å². The molecule has 4 rings (SSSR count). The zero-order valence-electron chi connectivity index (χ0n) is 15.3. The molecule has 6 nitrogen and oxygen atoms in total. The molecule has 6 heteroatoms. The summed E-state index contributed by atoms with van der Waals surface area (Å²) in [7, 11) is 1.61. The number of nitrogens with zero attached hydrogens (tertiary/aromatic N) is 2. The summed E-state index contributed by atoms with van der Waals surface area (Å²) >= 11 is 0. The molecule has 140 valence electrons. The molecule has 2 aliphatic heterocycles. The third-order valence-corrected chi connectivity index (χ3v) is 5.36. The minimum atomic E-state index is -0.756. The van der Waals surface area contributed by atoms with Crippen LogP contribution in [0, 0.1) is 0 Å². The molecule has 1 atom stereocenters. The molecular formula is C21H22N2O4. The molecular weight excluding hydrogens is 344 g/mol. The molecule has 0 aliphatic carbocycles. The first-order chi connectivity index (χ1) is 13.1. The third kappa shape index (κ3) is 3.01. The fourth-order valence-corrected chi connectivity index (χ4v) is 3.86. The van der Waals surface area contributed by atoms with Gasteiger partial charge in [-0.15, -0.1) is 0 Å². The van der Waals surface area contributed by atoms with Crippen LogP contribution in [0.25, 0.3) is 0 Å². The first kappa shape index (κ1) is 17.4. The highest BCUT2D eigenvalue weighted by Gasteiger charge is 2.60. The highest BCUT2D eigenvalue weighted by atomic mass is 16.6. The number of methoxy groups -OCH3 is 1. The van der Waals surface area contributed by atoms with E-state index in [0.717, 1.165) is 23.4 Å². The monoisotopic (exact) mass is 366 g/mol. The van der Waals surface area contributed by atoms with Crippen LogP contribution in [-0.4, -0.2) is 42.6 Å². The van der Waals surface area contributed by atoms with Crippen LogP contribution in [0.5, 0.6) is 5.75 Å². The van der Waals surface area contributed by atoms with Crippen LogP contribution in [0.3, 0.4) is 0 Å².